The van der Waals surface area contributed by atoms with Crippen LogP contribution in [-0.4, -0.2) is 28.9 Å². The zero-order valence-corrected chi connectivity index (χ0v) is 13.0. The lowest BCUT2D eigenvalue weighted by atomic mass is 10.1. The van der Waals surface area contributed by atoms with E-state index in [4.69, 9.17) is 4.42 Å². The van der Waals surface area contributed by atoms with Crippen molar-refractivity contribution < 1.29 is 22.4 Å². The van der Waals surface area contributed by atoms with Crippen LogP contribution < -0.4 is 0 Å². The maximum absolute atomic E-state index is 12.6. The number of oxazole rings is 1. The fourth-order valence-corrected chi connectivity index (χ4v) is 2.74. The average molecular weight is 338 g/mol. The first-order valence-corrected chi connectivity index (χ1v) is 7.87. The Morgan fingerprint density at radius 3 is 2.25 bits per heavy atom. The van der Waals surface area contributed by atoms with E-state index in [0.29, 0.717) is 18.7 Å². The molecule has 1 amide bonds. The van der Waals surface area contributed by atoms with E-state index >= 15 is 0 Å². The van der Waals surface area contributed by atoms with E-state index in [-0.39, 0.29) is 17.5 Å². The van der Waals surface area contributed by atoms with Gasteiger partial charge < -0.3 is 9.32 Å². The fourth-order valence-electron chi connectivity index (χ4n) is 2.74. The standard InChI is InChI=1S/C17H17F3N2O2/c18-17(19,20)13-7-5-12(6-8-13)15-21-14(11-24-15)16(23)22-9-3-1-2-4-10-22/h5-8,11H,1-4,9-10H2. The minimum absolute atomic E-state index is 0.141. The number of amides is 1. The minimum atomic E-state index is -4.39. The van der Waals surface area contributed by atoms with E-state index in [2.05, 4.69) is 4.98 Å². The number of likely N-dealkylation sites (tertiary alicyclic amines) is 1. The largest absolute Gasteiger partial charge is 0.444 e. The molecule has 24 heavy (non-hydrogen) atoms. The molecule has 2 aromatic rings. The average Bonchev–Trinajstić information content (AvgIpc) is 2.89. The van der Waals surface area contributed by atoms with Crippen LogP contribution in [0.4, 0.5) is 13.2 Å². The van der Waals surface area contributed by atoms with E-state index in [1.807, 2.05) is 0 Å². The summed E-state index contributed by atoms with van der Waals surface area (Å²) in [7, 11) is 0. The smallest absolute Gasteiger partial charge is 0.416 e. The summed E-state index contributed by atoms with van der Waals surface area (Å²) in [5.41, 5.74) is -0.150. The summed E-state index contributed by atoms with van der Waals surface area (Å²) >= 11 is 0. The van der Waals surface area contributed by atoms with Gasteiger partial charge >= 0.3 is 6.18 Å². The number of carbonyl (C=O) groups is 1. The van der Waals surface area contributed by atoms with Gasteiger partial charge in [0.15, 0.2) is 5.69 Å². The van der Waals surface area contributed by atoms with Crippen LogP contribution in [0, 0.1) is 0 Å². The summed E-state index contributed by atoms with van der Waals surface area (Å²) in [6.07, 6.45) is 1.03. The van der Waals surface area contributed by atoms with Gasteiger partial charge in [0.05, 0.1) is 5.56 Å². The number of carbonyl (C=O) groups excluding carboxylic acids is 1. The molecule has 4 nitrogen and oxygen atoms in total. The van der Waals surface area contributed by atoms with Crippen molar-refractivity contribution in [2.24, 2.45) is 0 Å². The van der Waals surface area contributed by atoms with Crippen LogP contribution in [0.2, 0.25) is 0 Å². The number of rotatable bonds is 2. The van der Waals surface area contributed by atoms with Crippen molar-refractivity contribution in [3.8, 4) is 11.5 Å². The third-order valence-electron chi connectivity index (χ3n) is 4.08. The molecule has 1 aliphatic rings. The highest BCUT2D eigenvalue weighted by molar-refractivity contribution is 5.92. The number of hydrogen-bond acceptors (Lipinski definition) is 3. The van der Waals surface area contributed by atoms with Crippen molar-refractivity contribution in [2.75, 3.05) is 13.1 Å². The van der Waals surface area contributed by atoms with Gasteiger partial charge in [0, 0.05) is 18.7 Å². The van der Waals surface area contributed by atoms with Crippen molar-refractivity contribution in [1.29, 1.82) is 0 Å². The summed E-state index contributed by atoms with van der Waals surface area (Å²) in [4.78, 5) is 18.3. The molecule has 1 aromatic carbocycles. The summed E-state index contributed by atoms with van der Waals surface area (Å²) in [5.74, 6) is -0.0549. The van der Waals surface area contributed by atoms with Crippen LogP contribution in [0.5, 0.6) is 0 Å². The predicted molar refractivity (Wildman–Crippen MR) is 81.3 cm³/mol. The van der Waals surface area contributed by atoms with Crippen molar-refractivity contribution in [2.45, 2.75) is 31.9 Å². The van der Waals surface area contributed by atoms with E-state index in [1.165, 1.54) is 18.4 Å². The molecule has 0 bridgehead atoms. The Bertz CT molecular complexity index is 699. The fraction of sp³-hybridized carbons (Fsp3) is 0.412. The molecule has 0 N–H and O–H groups in total. The molecule has 2 heterocycles. The third kappa shape index (κ3) is 3.60. The second kappa shape index (κ2) is 6.67. The van der Waals surface area contributed by atoms with Crippen LogP contribution in [-0.2, 0) is 6.18 Å². The molecule has 0 saturated carbocycles. The molecule has 0 radical (unpaired) electrons. The maximum Gasteiger partial charge on any atom is 0.416 e. The molecule has 0 aliphatic carbocycles. The van der Waals surface area contributed by atoms with E-state index in [1.54, 1.807) is 4.90 Å². The van der Waals surface area contributed by atoms with Crippen LogP contribution in [0.25, 0.3) is 11.5 Å². The van der Waals surface area contributed by atoms with Crippen LogP contribution in [0.1, 0.15) is 41.7 Å². The summed E-state index contributed by atoms with van der Waals surface area (Å²) < 4.78 is 43.0. The van der Waals surface area contributed by atoms with Gasteiger partial charge in [-0.1, -0.05) is 12.8 Å². The van der Waals surface area contributed by atoms with Crippen LogP contribution in [0.3, 0.4) is 0 Å². The Hall–Kier alpha value is -2.31. The quantitative estimate of drug-likeness (QED) is 0.816. The first kappa shape index (κ1) is 16.5. The summed E-state index contributed by atoms with van der Waals surface area (Å²) in [5, 5.41) is 0. The van der Waals surface area contributed by atoms with Crippen molar-refractivity contribution >= 4 is 5.91 Å². The van der Waals surface area contributed by atoms with E-state index in [0.717, 1.165) is 37.8 Å². The highest BCUT2D eigenvalue weighted by atomic mass is 19.4. The molecule has 0 unspecified atom stereocenters. The SMILES string of the molecule is O=C(c1coc(-c2ccc(C(F)(F)F)cc2)n1)N1CCCCCC1. The molecule has 1 aromatic heterocycles. The van der Waals surface area contributed by atoms with Crippen LogP contribution >= 0.6 is 0 Å². The lowest BCUT2D eigenvalue weighted by Gasteiger charge is -2.18. The van der Waals surface area contributed by atoms with Crippen molar-refractivity contribution in [3.63, 3.8) is 0 Å². The Balaban J connectivity index is 1.76. The van der Waals surface area contributed by atoms with Gasteiger partial charge in [0.25, 0.3) is 5.91 Å². The lowest BCUT2D eigenvalue weighted by molar-refractivity contribution is -0.137. The summed E-state index contributed by atoms with van der Waals surface area (Å²) in [6, 6.07) is 4.51. The van der Waals surface area contributed by atoms with Gasteiger partial charge in [0.2, 0.25) is 5.89 Å². The number of alkyl halides is 3. The highest BCUT2D eigenvalue weighted by Gasteiger charge is 2.30. The number of hydrogen-bond donors (Lipinski definition) is 0. The minimum Gasteiger partial charge on any atom is -0.444 e. The lowest BCUT2D eigenvalue weighted by Crippen LogP contribution is -2.32. The molecule has 0 spiro atoms. The Labute approximate surface area is 137 Å². The Morgan fingerprint density at radius 1 is 1.04 bits per heavy atom. The van der Waals surface area contributed by atoms with Gasteiger partial charge in [-0.3, -0.25) is 4.79 Å². The van der Waals surface area contributed by atoms with Gasteiger partial charge in [-0.15, -0.1) is 0 Å². The highest BCUT2D eigenvalue weighted by Crippen LogP contribution is 2.30. The van der Waals surface area contributed by atoms with Gasteiger partial charge in [0.1, 0.15) is 6.26 Å². The van der Waals surface area contributed by atoms with Gasteiger partial charge in [-0.2, -0.15) is 13.2 Å². The number of nitrogens with zero attached hydrogens (tertiary/aromatic N) is 2. The molecule has 1 saturated heterocycles. The maximum atomic E-state index is 12.6. The molecule has 128 valence electrons. The van der Waals surface area contributed by atoms with E-state index < -0.39 is 11.7 Å². The van der Waals surface area contributed by atoms with Crippen molar-refractivity contribution in [3.05, 3.63) is 41.8 Å². The molecule has 1 fully saturated rings. The second-order valence-electron chi connectivity index (χ2n) is 5.82. The van der Waals surface area contributed by atoms with Gasteiger partial charge in [-0.05, 0) is 37.1 Å². The third-order valence-corrected chi connectivity index (χ3v) is 4.08. The monoisotopic (exact) mass is 338 g/mol. The topological polar surface area (TPSA) is 46.3 Å². The molecule has 0 atom stereocenters. The molecule has 7 heteroatoms. The zero-order valence-electron chi connectivity index (χ0n) is 13.0. The molecular formula is C17H17F3N2O2. The first-order chi connectivity index (χ1) is 11.4. The Morgan fingerprint density at radius 2 is 1.67 bits per heavy atom. The first-order valence-electron chi connectivity index (χ1n) is 7.87. The predicted octanol–water partition coefficient (Wildman–Crippen LogP) is 4.38. The zero-order chi connectivity index (χ0) is 17.2. The molecular weight excluding hydrogens is 321 g/mol. The van der Waals surface area contributed by atoms with Crippen LogP contribution in [0.15, 0.2) is 34.9 Å². The normalized spacial score (nSPS) is 16.0. The molecule has 3 rings (SSSR count). The number of halogens is 3. The second-order valence-corrected chi connectivity index (χ2v) is 5.82. The van der Waals surface area contributed by atoms with Crippen molar-refractivity contribution in [1.82, 2.24) is 9.88 Å². The van der Waals surface area contributed by atoms with Gasteiger partial charge in [-0.25, -0.2) is 4.98 Å². The number of aromatic nitrogens is 1. The number of benzene rings is 1. The van der Waals surface area contributed by atoms with E-state index in [9.17, 15) is 18.0 Å². The molecule has 1 aliphatic heterocycles. The summed E-state index contributed by atoms with van der Waals surface area (Å²) in [6.45, 7) is 1.39. The Kier molecular flexibility index (Phi) is 4.59.